The van der Waals surface area contributed by atoms with E-state index in [9.17, 15) is 4.79 Å². The van der Waals surface area contributed by atoms with Gasteiger partial charge in [-0.15, -0.1) is 6.42 Å². The second-order valence-electron chi connectivity index (χ2n) is 3.81. The molecule has 0 aromatic rings. The molecular weight excluding hydrogens is 176 g/mol. The molecule has 1 atom stereocenters. The van der Waals surface area contributed by atoms with Crippen LogP contribution in [0.1, 0.15) is 26.2 Å². The minimum atomic E-state index is 0.0263. The Balaban J connectivity index is 1.97. The first kappa shape index (κ1) is 11.1. The molecule has 0 heterocycles. The van der Waals surface area contributed by atoms with E-state index in [0.29, 0.717) is 19.0 Å². The van der Waals surface area contributed by atoms with Crippen LogP contribution in [0.5, 0.6) is 0 Å². The van der Waals surface area contributed by atoms with Gasteiger partial charge in [-0.25, -0.2) is 0 Å². The summed E-state index contributed by atoms with van der Waals surface area (Å²) < 4.78 is 0. The minimum absolute atomic E-state index is 0.0263. The quantitative estimate of drug-likeness (QED) is 0.605. The first-order valence-electron chi connectivity index (χ1n) is 5.17. The lowest BCUT2D eigenvalue weighted by Gasteiger charge is -2.11. The molecule has 1 fully saturated rings. The van der Waals surface area contributed by atoms with Crippen molar-refractivity contribution in [1.82, 2.24) is 10.6 Å². The van der Waals surface area contributed by atoms with Crippen LogP contribution in [0.3, 0.4) is 0 Å². The van der Waals surface area contributed by atoms with Gasteiger partial charge in [-0.05, 0) is 25.7 Å². The molecule has 0 aromatic heterocycles. The van der Waals surface area contributed by atoms with Crippen LogP contribution in [0.4, 0.5) is 0 Å². The number of amides is 1. The van der Waals surface area contributed by atoms with Gasteiger partial charge < -0.3 is 10.6 Å². The Hall–Kier alpha value is -1.01. The van der Waals surface area contributed by atoms with Crippen LogP contribution in [0, 0.1) is 18.3 Å². The summed E-state index contributed by atoms with van der Waals surface area (Å²) >= 11 is 0. The molecule has 3 nitrogen and oxygen atoms in total. The molecule has 2 N–H and O–H groups in total. The van der Waals surface area contributed by atoms with E-state index in [1.165, 1.54) is 12.8 Å². The summed E-state index contributed by atoms with van der Waals surface area (Å²) in [4.78, 5) is 11.1. The Morgan fingerprint density at radius 1 is 1.64 bits per heavy atom. The van der Waals surface area contributed by atoms with Crippen LogP contribution < -0.4 is 10.6 Å². The van der Waals surface area contributed by atoms with Gasteiger partial charge in [-0.1, -0.05) is 5.92 Å². The molecule has 78 valence electrons. The zero-order valence-corrected chi connectivity index (χ0v) is 8.68. The molecule has 0 aliphatic heterocycles. The summed E-state index contributed by atoms with van der Waals surface area (Å²) in [7, 11) is 0. The van der Waals surface area contributed by atoms with Crippen LogP contribution >= 0.6 is 0 Å². The number of carbonyl (C=O) groups is 1. The Morgan fingerprint density at radius 2 is 2.36 bits per heavy atom. The van der Waals surface area contributed by atoms with E-state index in [1.807, 2.05) is 0 Å². The van der Waals surface area contributed by atoms with E-state index in [4.69, 9.17) is 6.42 Å². The largest absolute Gasteiger partial charge is 0.345 e. The average molecular weight is 194 g/mol. The fraction of sp³-hybridized carbons (Fsp3) is 0.727. The average Bonchev–Trinajstić information content (AvgIpc) is 2.97. The van der Waals surface area contributed by atoms with Gasteiger partial charge in [0.05, 0.1) is 6.54 Å². The topological polar surface area (TPSA) is 41.1 Å². The molecular formula is C11H18N2O. The van der Waals surface area contributed by atoms with Crippen molar-refractivity contribution in [1.29, 1.82) is 0 Å². The van der Waals surface area contributed by atoms with Gasteiger partial charge in [0.2, 0.25) is 5.91 Å². The Bertz CT molecular complexity index is 228. The highest BCUT2D eigenvalue weighted by molar-refractivity contribution is 5.76. The number of nitrogens with one attached hydrogen (secondary N) is 2. The van der Waals surface area contributed by atoms with Crippen molar-refractivity contribution in [3.63, 3.8) is 0 Å². The van der Waals surface area contributed by atoms with E-state index >= 15 is 0 Å². The third-order valence-electron chi connectivity index (χ3n) is 2.54. The molecule has 1 unspecified atom stereocenters. The van der Waals surface area contributed by atoms with E-state index in [-0.39, 0.29) is 5.91 Å². The lowest BCUT2D eigenvalue weighted by molar-refractivity contribution is -0.120. The molecule has 1 aliphatic rings. The van der Waals surface area contributed by atoms with Crippen molar-refractivity contribution in [2.45, 2.75) is 32.2 Å². The highest BCUT2D eigenvalue weighted by atomic mass is 16.1. The highest BCUT2D eigenvalue weighted by Gasteiger charge is 2.27. The number of hydrogen-bond donors (Lipinski definition) is 2. The smallest absolute Gasteiger partial charge is 0.222 e. The van der Waals surface area contributed by atoms with E-state index < -0.39 is 0 Å². The van der Waals surface area contributed by atoms with Gasteiger partial charge in [0.15, 0.2) is 0 Å². The molecule has 1 aliphatic carbocycles. The maximum Gasteiger partial charge on any atom is 0.222 e. The van der Waals surface area contributed by atoms with Crippen LogP contribution in [0.2, 0.25) is 0 Å². The molecule has 0 saturated heterocycles. The molecule has 14 heavy (non-hydrogen) atoms. The van der Waals surface area contributed by atoms with Gasteiger partial charge in [-0.2, -0.15) is 0 Å². The molecule has 0 spiro atoms. The standard InChI is InChI=1S/C11H18N2O/c1-3-7-13-11(14)6-8-12-9(2)10-4-5-10/h1,9-10,12H,4-8H2,2H3,(H,13,14). The summed E-state index contributed by atoms with van der Waals surface area (Å²) in [6.07, 6.45) is 8.20. The SMILES string of the molecule is C#CCNC(=O)CCNC(C)C1CC1. The van der Waals surface area contributed by atoms with E-state index in [2.05, 4.69) is 23.5 Å². The second-order valence-corrected chi connectivity index (χ2v) is 3.81. The summed E-state index contributed by atoms with van der Waals surface area (Å²) in [5, 5.41) is 5.98. The number of rotatable bonds is 6. The van der Waals surface area contributed by atoms with Crippen molar-refractivity contribution in [2.75, 3.05) is 13.1 Å². The first-order valence-corrected chi connectivity index (χ1v) is 5.17. The summed E-state index contributed by atoms with van der Waals surface area (Å²) in [5.41, 5.74) is 0. The molecule has 1 rings (SSSR count). The third-order valence-corrected chi connectivity index (χ3v) is 2.54. The Morgan fingerprint density at radius 3 is 2.93 bits per heavy atom. The molecule has 0 radical (unpaired) electrons. The fourth-order valence-electron chi connectivity index (χ4n) is 1.41. The van der Waals surface area contributed by atoms with Crippen LogP contribution in [0.15, 0.2) is 0 Å². The summed E-state index contributed by atoms with van der Waals surface area (Å²) in [5.74, 6) is 3.24. The molecule has 0 bridgehead atoms. The van der Waals surface area contributed by atoms with Gasteiger partial charge >= 0.3 is 0 Å². The van der Waals surface area contributed by atoms with Gasteiger partial charge in [0.25, 0.3) is 0 Å². The molecule has 0 aromatic carbocycles. The molecule has 1 amide bonds. The maximum atomic E-state index is 11.1. The van der Waals surface area contributed by atoms with Gasteiger partial charge in [0, 0.05) is 19.0 Å². The number of hydrogen-bond acceptors (Lipinski definition) is 2. The zero-order valence-electron chi connectivity index (χ0n) is 8.68. The lowest BCUT2D eigenvalue weighted by atomic mass is 10.2. The van der Waals surface area contributed by atoms with Crippen LogP contribution in [-0.4, -0.2) is 25.0 Å². The van der Waals surface area contributed by atoms with Crippen molar-refractivity contribution in [2.24, 2.45) is 5.92 Å². The monoisotopic (exact) mass is 194 g/mol. The Kier molecular flexibility index (Phi) is 4.48. The number of carbonyl (C=O) groups excluding carboxylic acids is 1. The third kappa shape index (κ3) is 4.29. The molecule has 3 heteroatoms. The fourth-order valence-corrected chi connectivity index (χ4v) is 1.41. The van der Waals surface area contributed by atoms with Crippen LogP contribution in [-0.2, 0) is 4.79 Å². The van der Waals surface area contributed by atoms with Crippen molar-refractivity contribution in [3.05, 3.63) is 0 Å². The normalized spacial score (nSPS) is 17.1. The van der Waals surface area contributed by atoms with Gasteiger partial charge in [-0.3, -0.25) is 4.79 Å². The van der Waals surface area contributed by atoms with Crippen molar-refractivity contribution >= 4 is 5.91 Å². The summed E-state index contributed by atoms with van der Waals surface area (Å²) in [6.45, 7) is 3.25. The molecule has 1 saturated carbocycles. The first-order chi connectivity index (χ1) is 6.74. The van der Waals surface area contributed by atoms with Crippen LogP contribution in [0.25, 0.3) is 0 Å². The zero-order chi connectivity index (χ0) is 10.4. The highest BCUT2D eigenvalue weighted by Crippen LogP contribution is 2.32. The van der Waals surface area contributed by atoms with Crippen molar-refractivity contribution < 1.29 is 4.79 Å². The van der Waals surface area contributed by atoms with E-state index in [0.717, 1.165) is 12.5 Å². The Labute approximate surface area is 85.6 Å². The minimum Gasteiger partial charge on any atom is -0.345 e. The van der Waals surface area contributed by atoms with Crippen molar-refractivity contribution in [3.8, 4) is 12.3 Å². The van der Waals surface area contributed by atoms with Gasteiger partial charge in [0.1, 0.15) is 0 Å². The predicted molar refractivity (Wildman–Crippen MR) is 56.6 cm³/mol. The lowest BCUT2D eigenvalue weighted by Crippen LogP contribution is -2.33. The maximum absolute atomic E-state index is 11.1. The number of terminal acetylenes is 1. The predicted octanol–water partition coefficient (Wildman–Crippen LogP) is 0.514. The van der Waals surface area contributed by atoms with E-state index in [1.54, 1.807) is 0 Å². The second kappa shape index (κ2) is 5.66. The summed E-state index contributed by atoms with van der Waals surface area (Å²) in [6, 6.07) is 0.551.